The molecule has 0 spiro atoms. The first-order chi connectivity index (χ1) is 3.84. The first-order valence-electron chi connectivity index (χ1n) is 2.55. The Bertz CT molecular complexity index is 107. The van der Waals surface area contributed by atoms with Crippen molar-refractivity contribution in [3.63, 3.8) is 0 Å². The number of carbonyl (C=O) groups excluding carboxylic acids is 1. The molecule has 0 atom stereocenters. The SMILES string of the molecule is [CH2-]CN1CCOC1=O.[Y]. The van der Waals surface area contributed by atoms with Crippen LogP contribution >= 0.6 is 0 Å². The van der Waals surface area contributed by atoms with Crippen LogP contribution in [0.15, 0.2) is 0 Å². The van der Waals surface area contributed by atoms with Crippen LogP contribution < -0.4 is 0 Å². The summed E-state index contributed by atoms with van der Waals surface area (Å²) in [6.45, 7) is 5.27. The molecule has 9 heavy (non-hydrogen) atoms. The molecule has 0 aromatic rings. The predicted molar refractivity (Wildman–Crippen MR) is 28.3 cm³/mol. The fourth-order valence-electron chi connectivity index (χ4n) is 0.629. The molecule has 1 radical (unpaired) electrons. The molecule has 1 rings (SSSR count). The van der Waals surface area contributed by atoms with Crippen LogP contribution in [0.5, 0.6) is 0 Å². The molecule has 1 saturated heterocycles. The van der Waals surface area contributed by atoms with E-state index in [9.17, 15) is 4.79 Å². The van der Waals surface area contributed by atoms with Gasteiger partial charge in [-0.05, 0) is 0 Å². The van der Waals surface area contributed by atoms with Gasteiger partial charge in [0.15, 0.2) is 0 Å². The first-order valence-corrected chi connectivity index (χ1v) is 2.55. The molecule has 0 aromatic heterocycles. The van der Waals surface area contributed by atoms with Crippen molar-refractivity contribution in [1.29, 1.82) is 0 Å². The van der Waals surface area contributed by atoms with Gasteiger partial charge in [-0.2, -0.15) is 0 Å². The van der Waals surface area contributed by atoms with Crippen LogP contribution in [-0.4, -0.2) is 30.7 Å². The Morgan fingerprint density at radius 2 is 2.44 bits per heavy atom. The smallest absolute Gasteiger partial charge is 0.407 e. The zero-order chi connectivity index (χ0) is 5.98. The van der Waals surface area contributed by atoms with Crippen LogP contribution in [0.25, 0.3) is 0 Å². The van der Waals surface area contributed by atoms with E-state index in [4.69, 9.17) is 0 Å². The largest absolute Gasteiger partial charge is 0.448 e. The Hall–Kier alpha value is 0.374. The van der Waals surface area contributed by atoms with E-state index in [2.05, 4.69) is 11.7 Å². The molecule has 1 fully saturated rings. The molecule has 1 aliphatic heterocycles. The van der Waals surface area contributed by atoms with E-state index < -0.39 is 0 Å². The topological polar surface area (TPSA) is 29.5 Å². The molecule has 1 amide bonds. The summed E-state index contributed by atoms with van der Waals surface area (Å²) in [6, 6.07) is 0. The number of hydrogen-bond donors (Lipinski definition) is 0. The third-order valence-corrected chi connectivity index (χ3v) is 1.11. The van der Waals surface area contributed by atoms with Crippen LogP contribution in [0.4, 0.5) is 4.79 Å². The first kappa shape index (κ1) is 9.37. The molecular weight excluding hydrogens is 195 g/mol. The molecule has 0 aliphatic carbocycles. The van der Waals surface area contributed by atoms with Gasteiger partial charge >= 0.3 is 6.09 Å². The molecule has 3 nitrogen and oxygen atoms in total. The van der Waals surface area contributed by atoms with Gasteiger partial charge in [-0.15, -0.1) is 6.54 Å². The van der Waals surface area contributed by atoms with E-state index in [1.807, 2.05) is 0 Å². The van der Waals surface area contributed by atoms with Crippen molar-refractivity contribution < 1.29 is 42.2 Å². The van der Waals surface area contributed by atoms with Crippen molar-refractivity contribution in [1.82, 2.24) is 4.90 Å². The summed E-state index contributed by atoms with van der Waals surface area (Å²) in [7, 11) is 0. The van der Waals surface area contributed by atoms with Crippen LogP contribution in [0.1, 0.15) is 0 Å². The van der Waals surface area contributed by atoms with E-state index in [0.29, 0.717) is 19.7 Å². The summed E-state index contributed by atoms with van der Waals surface area (Å²) in [5.74, 6) is 0. The summed E-state index contributed by atoms with van der Waals surface area (Å²) in [5, 5.41) is 0. The van der Waals surface area contributed by atoms with Crippen LogP contribution in [0.2, 0.25) is 0 Å². The third-order valence-electron chi connectivity index (χ3n) is 1.11. The number of amides is 1. The second-order valence-corrected chi connectivity index (χ2v) is 1.60. The molecule has 0 saturated carbocycles. The number of cyclic esters (lactones) is 1. The molecule has 1 aliphatic rings. The number of hydrogen-bond acceptors (Lipinski definition) is 2. The number of rotatable bonds is 1. The minimum atomic E-state index is -0.236. The fourth-order valence-corrected chi connectivity index (χ4v) is 0.629. The number of ether oxygens (including phenoxy) is 1. The summed E-state index contributed by atoms with van der Waals surface area (Å²) in [6.07, 6.45) is -0.236. The summed E-state index contributed by atoms with van der Waals surface area (Å²) < 4.78 is 4.60. The Balaban J connectivity index is 0.000000640. The standard InChI is InChI=1S/C5H8NO2.Y/c1-2-6-3-4-8-5(6)7;/h1-4H2;/q-1;. The fraction of sp³-hybridized carbons (Fsp3) is 0.600. The van der Waals surface area contributed by atoms with Crippen LogP contribution in [-0.2, 0) is 37.4 Å². The predicted octanol–water partition coefficient (Wildman–Crippen LogP) is 0.270. The minimum Gasteiger partial charge on any atom is -0.448 e. The van der Waals surface area contributed by atoms with E-state index >= 15 is 0 Å². The molecule has 0 aromatic carbocycles. The van der Waals surface area contributed by atoms with Crippen molar-refractivity contribution in [2.75, 3.05) is 19.7 Å². The van der Waals surface area contributed by atoms with Gasteiger partial charge in [-0.25, -0.2) is 4.79 Å². The average Bonchev–Trinajstić information content (AvgIpc) is 2.14. The minimum absolute atomic E-state index is 0. The van der Waals surface area contributed by atoms with Crippen molar-refractivity contribution in [3.8, 4) is 0 Å². The molecule has 0 unspecified atom stereocenters. The maximum atomic E-state index is 10.5. The van der Waals surface area contributed by atoms with Crippen molar-refractivity contribution >= 4 is 6.09 Å². The van der Waals surface area contributed by atoms with Gasteiger partial charge in [0.05, 0.1) is 6.54 Å². The van der Waals surface area contributed by atoms with Gasteiger partial charge in [0, 0.05) is 32.7 Å². The van der Waals surface area contributed by atoms with Gasteiger partial charge in [0.25, 0.3) is 0 Å². The zero-order valence-electron chi connectivity index (χ0n) is 5.17. The molecule has 0 bridgehead atoms. The maximum Gasteiger partial charge on any atom is 0.407 e. The van der Waals surface area contributed by atoms with Gasteiger partial charge in [0.2, 0.25) is 0 Å². The maximum absolute atomic E-state index is 10.5. The van der Waals surface area contributed by atoms with Gasteiger partial charge in [-0.1, -0.05) is 0 Å². The third kappa shape index (κ3) is 2.22. The van der Waals surface area contributed by atoms with E-state index in [-0.39, 0.29) is 38.8 Å². The monoisotopic (exact) mass is 203 g/mol. The molecule has 0 N–H and O–H groups in total. The van der Waals surface area contributed by atoms with Gasteiger partial charge in [-0.3, -0.25) is 0 Å². The Kier molecular flexibility index (Phi) is 4.41. The second-order valence-electron chi connectivity index (χ2n) is 1.60. The number of nitrogens with zero attached hydrogens (tertiary/aromatic N) is 1. The Morgan fingerprint density at radius 3 is 2.67 bits per heavy atom. The van der Waals surface area contributed by atoms with Crippen molar-refractivity contribution in [2.45, 2.75) is 0 Å². The Morgan fingerprint density at radius 1 is 1.78 bits per heavy atom. The summed E-state index contributed by atoms with van der Waals surface area (Å²) in [5.41, 5.74) is 0. The summed E-state index contributed by atoms with van der Waals surface area (Å²) in [4.78, 5) is 12.0. The molecular formula is C5H8NO2Y-. The second kappa shape index (κ2) is 4.23. The van der Waals surface area contributed by atoms with Gasteiger partial charge in [0.1, 0.15) is 6.61 Å². The van der Waals surface area contributed by atoms with E-state index in [0.717, 1.165) is 0 Å². The van der Waals surface area contributed by atoms with Crippen LogP contribution in [0.3, 0.4) is 0 Å². The van der Waals surface area contributed by atoms with Crippen molar-refractivity contribution in [3.05, 3.63) is 6.92 Å². The molecule has 4 heteroatoms. The van der Waals surface area contributed by atoms with Crippen molar-refractivity contribution in [2.24, 2.45) is 0 Å². The Labute approximate surface area is 79.6 Å². The number of carbonyl (C=O) groups is 1. The van der Waals surface area contributed by atoms with E-state index in [1.54, 1.807) is 4.90 Å². The normalized spacial score (nSPS) is 17.0. The quantitative estimate of drug-likeness (QED) is 0.572. The molecule has 49 valence electrons. The average molecular weight is 203 g/mol. The van der Waals surface area contributed by atoms with E-state index in [1.165, 1.54) is 0 Å². The summed E-state index contributed by atoms with van der Waals surface area (Å²) >= 11 is 0. The van der Waals surface area contributed by atoms with Crippen LogP contribution in [0, 0.1) is 6.92 Å². The van der Waals surface area contributed by atoms with Gasteiger partial charge < -0.3 is 16.6 Å². The molecule has 1 heterocycles. The zero-order valence-corrected chi connectivity index (χ0v) is 8.01.